The first-order valence-corrected chi connectivity index (χ1v) is 8.93. The van der Waals surface area contributed by atoms with Crippen molar-refractivity contribution >= 4 is 26.6 Å². The van der Waals surface area contributed by atoms with E-state index in [1.165, 1.54) is 6.33 Å². The Kier molecular flexibility index (Phi) is 3.23. The first-order chi connectivity index (χ1) is 11.1. The van der Waals surface area contributed by atoms with Gasteiger partial charge in [0.05, 0.1) is 28.4 Å². The number of fused-ring (bicyclic) bond motifs is 3. The quantitative estimate of drug-likeness (QED) is 0.792. The Morgan fingerprint density at radius 2 is 2.00 bits per heavy atom. The van der Waals surface area contributed by atoms with E-state index in [4.69, 9.17) is 0 Å². The van der Waals surface area contributed by atoms with Crippen LogP contribution in [0.5, 0.6) is 0 Å². The summed E-state index contributed by atoms with van der Waals surface area (Å²) in [5.74, 6) is 0.797. The number of aromatic nitrogens is 3. The summed E-state index contributed by atoms with van der Waals surface area (Å²) in [6, 6.07) is 9.10. The molecule has 116 valence electrons. The van der Waals surface area contributed by atoms with E-state index in [1.54, 1.807) is 18.3 Å². The van der Waals surface area contributed by atoms with Crippen LogP contribution >= 0.6 is 0 Å². The predicted octanol–water partition coefficient (Wildman–Crippen LogP) is 1.97. The van der Waals surface area contributed by atoms with Crippen LogP contribution < -0.4 is 5.32 Å². The van der Waals surface area contributed by atoms with Gasteiger partial charge in [0.1, 0.15) is 12.1 Å². The summed E-state index contributed by atoms with van der Waals surface area (Å²) in [5, 5.41) is 4.05. The summed E-state index contributed by atoms with van der Waals surface area (Å²) >= 11 is 0. The van der Waals surface area contributed by atoms with Crippen molar-refractivity contribution < 1.29 is 8.42 Å². The van der Waals surface area contributed by atoms with E-state index in [-0.39, 0.29) is 5.75 Å². The highest BCUT2D eigenvalue weighted by molar-refractivity contribution is 7.91. The SMILES string of the molecule is O=S1(=O)CCc2c1ccc1ncnc(NCc3ccccn3)c21. The lowest BCUT2D eigenvalue weighted by atomic mass is 10.1. The van der Waals surface area contributed by atoms with E-state index in [0.29, 0.717) is 23.7 Å². The van der Waals surface area contributed by atoms with E-state index in [2.05, 4.69) is 20.3 Å². The average Bonchev–Trinajstić information content (AvgIpc) is 2.89. The van der Waals surface area contributed by atoms with Gasteiger partial charge in [-0.15, -0.1) is 0 Å². The van der Waals surface area contributed by atoms with Gasteiger partial charge in [0.15, 0.2) is 9.84 Å². The van der Waals surface area contributed by atoms with Gasteiger partial charge in [0.2, 0.25) is 0 Å². The van der Waals surface area contributed by atoms with Gasteiger partial charge in [-0.1, -0.05) is 6.07 Å². The lowest BCUT2D eigenvalue weighted by Gasteiger charge is -2.10. The van der Waals surface area contributed by atoms with Crippen molar-refractivity contribution in [3.8, 4) is 0 Å². The van der Waals surface area contributed by atoms with Gasteiger partial charge < -0.3 is 5.32 Å². The second kappa shape index (κ2) is 5.27. The fourth-order valence-corrected chi connectivity index (χ4v) is 4.45. The number of nitrogens with one attached hydrogen (secondary N) is 1. The van der Waals surface area contributed by atoms with E-state index < -0.39 is 9.84 Å². The van der Waals surface area contributed by atoms with Gasteiger partial charge in [0, 0.05) is 11.6 Å². The third-order valence-electron chi connectivity index (χ3n) is 3.99. The Hall–Kier alpha value is -2.54. The largest absolute Gasteiger partial charge is 0.364 e. The fourth-order valence-electron chi connectivity index (χ4n) is 2.90. The molecule has 1 aliphatic rings. The topological polar surface area (TPSA) is 84.8 Å². The van der Waals surface area contributed by atoms with Gasteiger partial charge in [-0.25, -0.2) is 18.4 Å². The van der Waals surface area contributed by atoms with Gasteiger partial charge in [-0.05, 0) is 36.2 Å². The van der Waals surface area contributed by atoms with Crippen LogP contribution in [0.25, 0.3) is 10.9 Å². The highest BCUT2D eigenvalue weighted by atomic mass is 32.2. The van der Waals surface area contributed by atoms with Crippen LogP contribution in [0.2, 0.25) is 0 Å². The van der Waals surface area contributed by atoms with Gasteiger partial charge >= 0.3 is 0 Å². The van der Waals surface area contributed by atoms with Crippen molar-refractivity contribution in [3.63, 3.8) is 0 Å². The molecular formula is C16H14N4O2S. The Morgan fingerprint density at radius 3 is 2.83 bits per heavy atom. The molecule has 0 saturated heterocycles. The Labute approximate surface area is 133 Å². The van der Waals surface area contributed by atoms with Crippen molar-refractivity contribution in [2.45, 2.75) is 17.9 Å². The van der Waals surface area contributed by atoms with Crippen molar-refractivity contribution in [1.29, 1.82) is 0 Å². The monoisotopic (exact) mass is 326 g/mol. The van der Waals surface area contributed by atoms with Gasteiger partial charge in [-0.2, -0.15) is 0 Å². The molecule has 3 heterocycles. The molecule has 1 N–H and O–H groups in total. The second-order valence-electron chi connectivity index (χ2n) is 5.40. The molecule has 3 aromatic rings. The number of sulfone groups is 1. The molecule has 0 aliphatic carbocycles. The lowest BCUT2D eigenvalue weighted by molar-refractivity contribution is 0.600. The maximum absolute atomic E-state index is 12.1. The summed E-state index contributed by atoms with van der Waals surface area (Å²) in [6.07, 6.45) is 3.72. The number of anilines is 1. The molecule has 2 aromatic heterocycles. The van der Waals surface area contributed by atoms with Crippen molar-refractivity contribution in [2.75, 3.05) is 11.1 Å². The zero-order valence-corrected chi connectivity index (χ0v) is 13.0. The number of hydrogen-bond acceptors (Lipinski definition) is 6. The summed E-state index contributed by atoms with van der Waals surface area (Å²) in [5.41, 5.74) is 2.45. The minimum Gasteiger partial charge on any atom is -0.364 e. The molecule has 1 aliphatic heterocycles. The van der Waals surface area contributed by atoms with Crippen LogP contribution in [0.3, 0.4) is 0 Å². The molecular weight excluding hydrogens is 312 g/mol. The Balaban J connectivity index is 1.80. The van der Waals surface area contributed by atoms with E-state index in [9.17, 15) is 8.42 Å². The van der Waals surface area contributed by atoms with E-state index >= 15 is 0 Å². The fraction of sp³-hybridized carbons (Fsp3) is 0.188. The zero-order valence-electron chi connectivity index (χ0n) is 12.2. The zero-order chi connectivity index (χ0) is 15.9. The number of aryl methyl sites for hydroxylation is 1. The van der Waals surface area contributed by atoms with Crippen LogP contribution in [-0.4, -0.2) is 29.1 Å². The third-order valence-corrected chi connectivity index (χ3v) is 5.78. The van der Waals surface area contributed by atoms with Crippen molar-refractivity contribution in [2.24, 2.45) is 0 Å². The summed E-state index contributed by atoms with van der Waals surface area (Å²) < 4.78 is 24.2. The molecule has 6 nitrogen and oxygen atoms in total. The molecule has 0 bridgehead atoms. The molecule has 0 radical (unpaired) electrons. The minimum absolute atomic E-state index is 0.149. The first kappa shape index (κ1) is 14.1. The summed E-state index contributed by atoms with van der Waals surface area (Å²) in [7, 11) is -3.18. The molecule has 4 rings (SSSR count). The molecule has 0 atom stereocenters. The first-order valence-electron chi connectivity index (χ1n) is 7.28. The molecule has 0 unspecified atom stereocenters. The van der Waals surface area contributed by atoms with Crippen molar-refractivity contribution in [3.05, 3.63) is 54.1 Å². The number of hydrogen-bond donors (Lipinski definition) is 1. The van der Waals surface area contributed by atoms with Crippen LogP contribution in [0.1, 0.15) is 11.3 Å². The van der Waals surface area contributed by atoms with Gasteiger partial charge in [-0.3, -0.25) is 4.98 Å². The number of nitrogens with zero attached hydrogens (tertiary/aromatic N) is 3. The van der Waals surface area contributed by atoms with Crippen LogP contribution in [0, 0.1) is 0 Å². The predicted molar refractivity (Wildman–Crippen MR) is 86.9 cm³/mol. The minimum atomic E-state index is -3.18. The molecule has 0 fully saturated rings. The van der Waals surface area contributed by atoms with Crippen LogP contribution in [0.15, 0.2) is 47.8 Å². The lowest BCUT2D eigenvalue weighted by Crippen LogP contribution is -2.05. The van der Waals surface area contributed by atoms with Crippen molar-refractivity contribution in [1.82, 2.24) is 15.0 Å². The number of benzene rings is 1. The molecule has 0 spiro atoms. The van der Waals surface area contributed by atoms with Gasteiger partial charge in [0.25, 0.3) is 0 Å². The average molecular weight is 326 g/mol. The summed E-state index contributed by atoms with van der Waals surface area (Å²) in [4.78, 5) is 13.2. The van der Waals surface area contributed by atoms with Crippen LogP contribution in [-0.2, 0) is 22.8 Å². The highest BCUT2D eigenvalue weighted by Gasteiger charge is 2.29. The number of pyridine rings is 1. The smallest absolute Gasteiger partial charge is 0.179 e. The highest BCUT2D eigenvalue weighted by Crippen LogP contribution is 2.34. The Morgan fingerprint density at radius 1 is 1.09 bits per heavy atom. The molecule has 23 heavy (non-hydrogen) atoms. The molecule has 1 aromatic carbocycles. The number of rotatable bonds is 3. The maximum Gasteiger partial charge on any atom is 0.179 e. The second-order valence-corrected chi connectivity index (χ2v) is 7.48. The third kappa shape index (κ3) is 2.43. The molecule has 0 amide bonds. The Bertz CT molecular complexity index is 988. The summed E-state index contributed by atoms with van der Waals surface area (Å²) in [6.45, 7) is 0.517. The molecule has 7 heteroatoms. The standard InChI is InChI=1S/C16H14N4O2S/c21-23(22)8-6-12-14(23)5-4-13-15(12)16(20-10-19-13)18-9-11-3-1-2-7-17-11/h1-5,7,10H,6,8-9H2,(H,18,19,20). The normalized spacial score (nSPS) is 15.5. The van der Waals surface area contributed by atoms with Crippen LogP contribution in [0.4, 0.5) is 5.82 Å². The molecule has 0 saturated carbocycles. The van der Waals surface area contributed by atoms with E-state index in [1.807, 2.05) is 18.2 Å². The maximum atomic E-state index is 12.1. The van der Waals surface area contributed by atoms with E-state index in [0.717, 1.165) is 22.2 Å².